The van der Waals surface area contributed by atoms with Gasteiger partial charge in [0.1, 0.15) is 6.54 Å². The second-order valence-electron chi connectivity index (χ2n) is 3.97. The van der Waals surface area contributed by atoms with Gasteiger partial charge in [-0.3, -0.25) is 0 Å². The van der Waals surface area contributed by atoms with E-state index in [1.165, 1.54) is 38.6 Å². The molecule has 0 unspecified atom stereocenters. The van der Waals surface area contributed by atoms with Crippen molar-refractivity contribution in [1.29, 1.82) is 0 Å². The largest absolute Gasteiger partial charge is 0.202 e. The zero-order valence-electron chi connectivity index (χ0n) is 7.34. The maximum Gasteiger partial charge on any atom is 0.181 e. The van der Waals surface area contributed by atoms with Crippen molar-refractivity contribution < 1.29 is 4.57 Å². The molecule has 2 aliphatic rings. The van der Waals surface area contributed by atoms with Gasteiger partial charge >= 0.3 is 0 Å². The SMILES string of the molecule is c1c2c(c[n+]3c1CCC3)CCC2. The molecule has 12 heavy (non-hydrogen) atoms. The Labute approximate surface area is 73.0 Å². The Kier molecular flexibility index (Phi) is 1.28. The molecule has 0 saturated heterocycles. The van der Waals surface area contributed by atoms with Crippen LogP contribution in [-0.4, -0.2) is 0 Å². The summed E-state index contributed by atoms with van der Waals surface area (Å²) >= 11 is 0. The predicted octanol–water partition coefficient (Wildman–Crippen LogP) is 1.41. The highest BCUT2D eigenvalue weighted by Crippen LogP contribution is 2.22. The van der Waals surface area contributed by atoms with E-state index in [1.54, 1.807) is 16.8 Å². The fourth-order valence-corrected chi connectivity index (χ4v) is 2.51. The highest BCUT2D eigenvalue weighted by Gasteiger charge is 2.23. The predicted molar refractivity (Wildman–Crippen MR) is 47.0 cm³/mol. The number of fused-ring (bicyclic) bond motifs is 2. The number of rotatable bonds is 0. The summed E-state index contributed by atoms with van der Waals surface area (Å²) in [7, 11) is 0. The first kappa shape index (κ1) is 6.64. The molecular weight excluding hydrogens is 146 g/mol. The fraction of sp³-hybridized carbons (Fsp3) is 0.545. The summed E-state index contributed by atoms with van der Waals surface area (Å²) in [5.41, 5.74) is 4.81. The Bertz CT molecular complexity index is 268. The van der Waals surface area contributed by atoms with Gasteiger partial charge in [-0.2, -0.15) is 0 Å². The van der Waals surface area contributed by atoms with E-state index in [2.05, 4.69) is 16.8 Å². The van der Waals surface area contributed by atoms with Crippen LogP contribution in [0.2, 0.25) is 0 Å². The first-order valence-corrected chi connectivity index (χ1v) is 4.97. The van der Waals surface area contributed by atoms with Gasteiger partial charge in [-0.15, -0.1) is 0 Å². The molecule has 0 bridgehead atoms. The van der Waals surface area contributed by atoms with Crippen molar-refractivity contribution in [1.82, 2.24) is 0 Å². The molecule has 1 heteroatoms. The van der Waals surface area contributed by atoms with Gasteiger partial charge in [0.15, 0.2) is 11.9 Å². The molecule has 3 rings (SSSR count). The highest BCUT2D eigenvalue weighted by atomic mass is 15.0. The van der Waals surface area contributed by atoms with E-state index >= 15 is 0 Å². The Morgan fingerprint density at radius 3 is 2.92 bits per heavy atom. The number of pyridine rings is 1. The monoisotopic (exact) mass is 160 g/mol. The van der Waals surface area contributed by atoms with Crippen molar-refractivity contribution in [3.8, 4) is 0 Å². The Balaban J connectivity index is 2.18. The minimum Gasteiger partial charge on any atom is -0.202 e. The van der Waals surface area contributed by atoms with Gasteiger partial charge in [0, 0.05) is 24.5 Å². The fourth-order valence-electron chi connectivity index (χ4n) is 2.51. The van der Waals surface area contributed by atoms with Crippen molar-refractivity contribution >= 4 is 0 Å². The third-order valence-corrected chi connectivity index (χ3v) is 3.16. The van der Waals surface area contributed by atoms with Crippen LogP contribution in [0.15, 0.2) is 12.3 Å². The smallest absolute Gasteiger partial charge is 0.181 e. The lowest BCUT2D eigenvalue weighted by Crippen LogP contribution is -2.33. The van der Waals surface area contributed by atoms with Crippen molar-refractivity contribution in [3.63, 3.8) is 0 Å². The average molecular weight is 160 g/mol. The number of hydrogen-bond donors (Lipinski definition) is 0. The van der Waals surface area contributed by atoms with Gasteiger partial charge in [0.2, 0.25) is 0 Å². The molecule has 62 valence electrons. The van der Waals surface area contributed by atoms with Crippen LogP contribution < -0.4 is 4.57 Å². The average Bonchev–Trinajstić information content (AvgIpc) is 2.64. The summed E-state index contributed by atoms with van der Waals surface area (Å²) in [5, 5.41) is 0. The Morgan fingerprint density at radius 2 is 1.92 bits per heavy atom. The molecule has 1 aliphatic heterocycles. The number of aryl methyl sites for hydroxylation is 4. The first-order chi connectivity index (χ1) is 5.93. The highest BCUT2D eigenvalue weighted by molar-refractivity contribution is 5.28. The van der Waals surface area contributed by atoms with Gasteiger partial charge in [-0.25, -0.2) is 4.57 Å². The maximum atomic E-state index is 2.45. The zero-order valence-corrected chi connectivity index (χ0v) is 7.34. The number of nitrogens with zero attached hydrogens (tertiary/aromatic N) is 1. The first-order valence-electron chi connectivity index (χ1n) is 4.97. The van der Waals surface area contributed by atoms with Crippen molar-refractivity contribution in [2.45, 2.75) is 38.6 Å². The molecule has 1 aromatic heterocycles. The number of aromatic nitrogens is 1. The van der Waals surface area contributed by atoms with Gasteiger partial charge in [0.05, 0.1) is 0 Å². The molecule has 1 nitrogen and oxygen atoms in total. The second kappa shape index (κ2) is 2.32. The van der Waals surface area contributed by atoms with E-state index in [0.29, 0.717) is 0 Å². The van der Waals surface area contributed by atoms with E-state index in [9.17, 15) is 0 Å². The molecule has 0 amide bonds. The third kappa shape index (κ3) is 0.825. The van der Waals surface area contributed by atoms with E-state index in [-0.39, 0.29) is 0 Å². The van der Waals surface area contributed by atoms with E-state index in [4.69, 9.17) is 0 Å². The summed E-state index contributed by atoms with van der Waals surface area (Å²) in [4.78, 5) is 0. The summed E-state index contributed by atoms with van der Waals surface area (Å²) in [6.07, 6.45) is 9.05. The van der Waals surface area contributed by atoms with Crippen molar-refractivity contribution in [3.05, 3.63) is 29.1 Å². The Hall–Kier alpha value is -0.850. The van der Waals surface area contributed by atoms with Gasteiger partial charge < -0.3 is 0 Å². The lowest BCUT2D eigenvalue weighted by Gasteiger charge is -1.97. The molecule has 0 aromatic carbocycles. The third-order valence-electron chi connectivity index (χ3n) is 3.16. The molecule has 0 saturated carbocycles. The standard InChI is InChI=1S/C11H14N/c1-3-9-7-11-5-2-6-12(11)8-10(9)4-1/h7-8H,1-6H2/q+1. The molecule has 0 N–H and O–H groups in total. The zero-order chi connectivity index (χ0) is 7.97. The Morgan fingerprint density at radius 1 is 1.00 bits per heavy atom. The lowest BCUT2D eigenvalue weighted by atomic mass is 10.1. The van der Waals surface area contributed by atoms with Crippen LogP contribution in [0.25, 0.3) is 0 Å². The van der Waals surface area contributed by atoms with Crippen LogP contribution in [0.4, 0.5) is 0 Å². The normalized spacial score (nSPS) is 19.3. The summed E-state index contributed by atoms with van der Waals surface area (Å²) < 4.78 is 2.45. The van der Waals surface area contributed by atoms with Crippen LogP contribution in [-0.2, 0) is 25.8 Å². The molecule has 1 aromatic rings. The van der Waals surface area contributed by atoms with Crippen LogP contribution in [0.5, 0.6) is 0 Å². The van der Waals surface area contributed by atoms with Crippen LogP contribution >= 0.6 is 0 Å². The summed E-state index contributed by atoms with van der Waals surface area (Å²) in [5.74, 6) is 0. The second-order valence-corrected chi connectivity index (χ2v) is 3.97. The summed E-state index contributed by atoms with van der Waals surface area (Å²) in [6.45, 7) is 1.25. The van der Waals surface area contributed by atoms with E-state index < -0.39 is 0 Å². The van der Waals surface area contributed by atoms with Crippen LogP contribution in [0.3, 0.4) is 0 Å². The van der Waals surface area contributed by atoms with Crippen LogP contribution in [0.1, 0.15) is 29.7 Å². The molecule has 0 spiro atoms. The van der Waals surface area contributed by atoms with Gasteiger partial charge in [0.25, 0.3) is 0 Å². The quantitative estimate of drug-likeness (QED) is 0.505. The lowest BCUT2D eigenvalue weighted by molar-refractivity contribution is -0.691. The van der Waals surface area contributed by atoms with Crippen molar-refractivity contribution in [2.75, 3.05) is 0 Å². The van der Waals surface area contributed by atoms with E-state index in [0.717, 1.165) is 0 Å². The molecule has 0 atom stereocenters. The minimum absolute atomic E-state index is 1.25. The van der Waals surface area contributed by atoms with E-state index in [1.807, 2.05) is 0 Å². The number of hydrogen-bond acceptors (Lipinski definition) is 0. The molecular formula is C11H14N+. The molecule has 1 aliphatic carbocycles. The summed E-state index contributed by atoms with van der Waals surface area (Å²) in [6, 6.07) is 2.44. The molecule has 2 heterocycles. The molecule has 0 fully saturated rings. The minimum atomic E-state index is 1.25. The topological polar surface area (TPSA) is 3.88 Å². The van der Waals surface area contributed by atoms with Gasteiger partial charge in [-0.05, 0) is 24.8 Å². The van der Waals surface area contributed by atoms with Crippen LogP contribution in [0, 0.1) is 0 Å². The maximum absolute atomic E-state index is 2.45. The molecule has 0 radical (unpaired) electrons. The van der Waals surface area contributed by atoms with Gasteiger partial charge in [-0.1, -0.05) is 0 Å². The van der Waals surface area contributed by atoms with Crippen molar-refractivity contribution in [2.24, 2.45) is 0 Å².